The van der Waals surface area contributed by atoms with Crippen LogP contribution >= 0.6 is 31.9 Å². The van der Waals surface area contributed by atoms with E-state index >= 15 is 0 Å². The minimum atomic E-state index is 0.597. The second kappa shape index (κ2) is 7.24. The average Bonchev–Trinajstić information content (AvgIpc) is 2.79. The number of rotatable bonds is 6. The normalized spacial score (nSPS) is 10.8. The molecule has 0 atom stereocenters. The number of aromatic nitrogens is 2. The monoisotopic (exact) mass is 401 g/mol. The van der Waals surface area contributed by atoms with Crippen LogP contribution in [0.4, 0.5) is 0 Å². The standard InChI is InChI=1S/C14H17Br2N3O/c1-10-18-3-4-19(10)5-6-20-14-12(15)7-11(9-17-2)8-13(14)16/h3-4,7-8,17H,5-6,9H2,1-2H3. The van der Waals surface area contributed by atoms with Crippen LogP contribution in [0.15, 0.2) is 33.5 Å². The molecular weight excluding hydrogens is 386 g/mol. The zero-order chi connectivity index (χ0) is 14.5. The van der Waals surface area contributed by atoms with E-state index in [0.29, 0.717) is 6.61 Å². The SMILES string of the molecule is CNCc1cc(Br)c(OCCn2ccnc2C)c(Br)c1. The van der Waals surface area contributed by atoms with E-state index in [9.17, 15) is 0 Å². The number of hydrogen-bond donors (Lipinski definition) is 1. The number of imidazole rings is 1. The van der Waals surface area contributed by atoms with Crippen molar-refractivity contribution in [3.05, 3.63) is 44.9 Å². The highest BCUT2D eigenvalue weighted by atomic mass is 79.9. The smallest absolute Gasteiger partial charge is 0.147 e. The van der Waals surface area contributed by atoms with Crippen LogP contribution in [0.1, 0.15) is 11.4 Å². The van der Waals surface area contributed by atoms with Gasteiger partial charge < -0.3 is 14.6 Å². The highest BCUT2D eigenvalue weighted by Gasteiger charge is 2.09. The average molecular weight is 403 g/mol. The zero-order valence-corrected chi connectivity index (χ0v) is 14.7. The van der Waals surface area contributed by atoms with E-state index < -0.39 is 0 Å². The van der Waals surface area contributed by atoms with Crippen LogP contribution in [-0.4, -0.2) is 23.2 Å². The van der Waals surface area contributed by atoms with Gasteiger partial charge >= 0.3 is 0 Å². The first-order valence-electron chi connectivity index (χ1n) is 6.35. The first-order chi connectivity index (χ1) is 9.61. The Morgan fingerprint density at radius 1 is 1.30 bits per heavy atom. The lowest BCUT2D eigenvalue weighted by Crippen LogP contribution is -2.10. The number of hydrogen-bond acceptors (Lipinski definition) is 3. The fourth-order valence-electron chi connectivity index (χ4n) is 1.94. The second-order valence-electron chi connectivity index (χ2n) is 4.44. The summed E-state index contributed by atoms with van der Waals surface area (Å²) in [4.78, 5) is 4.19. The van der Waals surface area contributed by atoms with Crippen molar-refractivity contribution in [1.29, 1.82) is 0 Å². The highest BCUT2D eigenvalue weighted by molar-refractivity contribution is 9.11. The zero-order valence-electron chi connectivity index (χ0n) is 11.5. The molecule has 2 aromatic rings. The van der Waals surface area contributed by atoms with Gasteiger partial charge in [0.05, 0.1) is 15.5 Å². The van der Waals surface area contributed by atoms with Crippen LogP contribution in [0.5, 0.6) is 5.75 Å². The second-order valence-corrected chi connectivity index (χ2v) is 6.14. The maximum Gasteiger partial charge on any atom is 0.147 e. The summed E-state index contributed by atoms with van der Waals surface area (Å²) in [5, 5.41) is 3.13. The van der Waals surface area contributed by atoms with E-state index in [0.717, 1.165) is 33.6 Å². The number of aryl methyl sites for hydroxylation is 1. The van der Waals surface area contributed by atoms with Gasteiger partial charge in [-0.05, 0) is 63.5 Å². The molecular formula is C14H17Br2N3O. The van der Waals surface area contributed by atoms with Crippen LogP contribution in [-0.2, 0) is 13.1 Å². The predicted octanol–water partition coefficient (Wildman–Crippen LogP) is 3.51. The number of benzene rings is 1. The Balaban J connectivity index is 2.01. The largest absolute Gasteiger partial charge is 0.489 e. The Morgan fingerprint density at radius 2 is 2.00 bits per heavy atom. The summed E-state index contributed by atoms with van der Waals surface area (Å²) >= 11 is 7.12. The molecule has 0 amide bonds. The summed E-state index contributed by atoms with van der Waals surface area (Å²) in [6.07, 6.45) is 3.76. The number of ether oxygens (including phenoxy) is 1. The van der Waals surface area contributed by atoms with Crippen LogP contribution in [0, 0.1) is 6.92 Å². The quantitative estimate of drug-likeness (QED) is 0.803. The van der Waals surface area contributed by atoms with Crippen molar-refractivity contribution in [2.45, 2.75) is 20.0 Å². The van der Waals surface area contributed by atoms with Crippen LogP contribution in [0.25, 0.3) is 0 Å². The molecule has 0 saturated heterocycles. The van der Waals surface area contributed by atoms with Crippen molar-refractivity contribution in [2.24, 2.45) is 0 Å². The Labute approximate surface area is 135 Å². The van der Waals surface area contributed by atoms with Gasteiger partial charge in [-0.2, -0.15) is 0 Å². The molecule has 0 bridgehead atoms. The Morgan fingerprint density at radius 3 is 2.55 bits per heavy atom. The topological polar surface area (TPSA) is 39.1 Å². The van der Waals surface area contributed by atoms with Crippen molar-refractivity contribution >= 4 is 31.9 Å². The summed E-state index contributed by atoms with van der Waals surface area (Å²) in [7, 11) is 1.93. The van der Waals surface area contributed by atoms with E-state index in [-0.39, 0.29) is 0 Å². The summed E-state index contributed by atoms with van der Waals surface area (Å²) < 4.78 is 9.85. The number of nitrogens with zero attached hydrogens (tertiary/aromatic N) is 2. The Bertz CT molecular complexity index is 561. The van der Waals surface area contributed by atoms with E-state index in [2.05, 4.69) is 58.9 Å². The van der Waals surface area contributed by atoms with Crippen LogP contribution in [0.2, 0.25) is 0 Å². The minimum Gasteiger partial charge on any atom is -0.489 e. The molecule has 1 N–H and O–H groups in total. The van der Waals surface area contributed by atoms with Gasteiger partial charge in [0.1, 0.15) is 18.2 Å². The lowest BCUT2D eigenvalue weighted by molar-refractivity contribution is 0.293. The van der Waals surface area contributed by atoms with Gasteiger partial charge in [-0.3, -0.25) is 0 Å². The third-order valence-corrected chi connectivity index (χ3v) is 4.12. The fraction of sp³-hybridized carbons (Fsp3) is 0.357. The maximum absolute atomic E-state index is 5.87. The number of nitrogens with one attached hydrogen (secondary N) is 1. The molecule has 0 unspecified atom stereocenters. The molecule has 1 aromatic heterocycles. The summed E-state index contributed by atoms with van der Waals surface area (Å²) in [6, 6.07) is 4.14. The molecule has 2 rings (SSSR count). The number of halogens is 2. The first kappa shape index (κ1) is 15.5. The van der Waals surface area contributed by atoms with Gasteiger partial charge in [0.15, 0.2) is 0 Å². The lowest BCUT2D eigenvalue weighted by atomic mass is 10.2. The molecule has 20 heavy (non-hydrogen) atoms. The van der Waals surface area contributed by atoms with Crippen LogP contribution < -0.4 is 10.1 Å². The highest BCUT2D eigenvalue weighted by Crippen LogP contribution is 2.34. The van der Waals surface area contributed by atoms with Gasteiger partial charge in [0.2, 0.25) is 0 Å². The molecule has 0 spiro atoms. The molecule has 1 heterocycles. The molecule has 0 radical (unpaired) electrons. The third kappa shape index (κ3) is 3.84. The third-order valence-electron chi connectivity index (χ3n) is 2.94. The van der Waals surface area contributed by atoms with E-state index in [1.54, 1.807) is 6.20 Å². The van der Waals surface area contributed by atoms with Gasteiger partial charge in [-0.15, -0.1) is 0 Å². The van der Waals surface area contributed by atoms with E-state index in [1.165, 1.54) is 5.56 Å². The minimum absolute atomic E-state index is 0.597. The molecule has 0 aliphatic rings. The van der Waals surface area contributed by atoms with E-state index in [1.807, 2.05) is 20.2 Å². The van der Waals surface area contributed by atoms with Gasteiger partial charge in [-0.25, -0.2) is 4.98 Å². The van der Waals surface area contributed by atoms with Gasteiger partial charge in [0, 0.05) is 18.9 Å². The maximum atomic E-state index is 5.87. The van der Waals surface area contributed by atoms with Crippen molar-refractivity contribution in [3.63, 3.8) is 0 Å². The molecule has 4 nitrogen and oxygen atoms in total. The van der Waals surface area contributed by atoms with Crippen LogP contribution in [0.3, 0.4) is 0 Å². The molecule has 1 aromatic carbocycles. The van der Waals surface area contributed by atoms with Gasteiger partial charge in [0.25, 0.3) is 0 Å². The first-order valence-corrected chi connectivity index (χ1v) is 7.93. The summed E-state index contributed by atoms with van der Waals surface area (Å²) in [5.41, 5.74) is 1.20. The summed E-state index contributed by atoms with van der Waals surface area (Å²) in [5.74, 6) is 1.83. The van der Waals surface area contributed by atoms with Crippen molar-refractivity contribution in [3.8, 4) is 5.75 Å². The molecule has 6 heteroatoms. The van der Waals surface area contributed by atoms with Gasteiger partial charge in [-0.1, -0.05) is 0 Å². The molecule has 0 fully saturated rings. The molecule has 108 valence electrons. The Hall–Kier alpha value is -0.850. The fourth-order valence-corrected chi connectivity index (χ4v) is 3.45. The van der Waals surface area contributed by atoms with Crippen molar-refractivity contribution in [1.82, 2.24) is 14.9 Å². The van der Waals surface area contributed by atoms with Crippen molar-refractivity contribution in [2.75, 3.05) is 13.7 Å². The lowest BCUT2D eigenvalue weighted by Gasteiger charge is -2.13. The molecule has 0 aliphatic carbocycles. The van der Waals surface area contributed by atoms with E-state index in [4.69, 9.17) is 4.74 Å². The summed E-state index contributed by atoms with van der Waals surface area (Å²) in [6.45, 7) is 4.19. The van der Waals surface area contributed by atoms with Crippen molar-refractivity contribution < 1.29 is 4.74 Å². The Kier molecular flexibility index (Phi) is 5.63. The molecule has 0 saturated carbocycles. The predicted molar refractivity (Wildman–Crippen MR) is 87.1 cm³/mol. The molecule has 0 aliphatic heterocycles.